The Bertz CT molecular complexity index is 306. The van der Waals surface area contributed by atoms with Gasteiger partial charge in [0, 0.05) is 10.7 Å². The summed E-state index contributed by atoms with van der Waals surface area (Å²) < 4.78 is 25.3. The number of nitrogens with two attached hydrogens (primary N) is 1. The van der Waals surface area contributed by atoms with Gasteiger partial charge >= 0.3 is 0 Å². The van der Waals surface area contributed by atoms with Gasteiger partial charge in [0.05, 0.1) is 11.3 Å². The quantitative estimate of drug-likeness (QED) is 0.626. The van der Waals surface area contributed by atoms with Crippen LogP contribution in [0.5, 0.6) is 0 Å². The Morgan fingerprint density at radius 1 is 1.58 bits per heavy atom. The summed E-state index contributed by atoms with van der Waals surface area (Å²) in [6, 6.07) is 0. The minimum absolute atomic E-state index is 0.0416. The van der Waals surface area contributed by atoms with Crippen molar-refractivity contribution in [2.75, 3.05) is 5.73 Å². The molecule has 0 aliphatic heterocycles. The predicted molar refractivity (Wildman–Crippen MR) is 54.0 cm³/mol. The number of hydrogen-bond acceptors (Lipinski definition) is 2. The highest BCUT2D eigenvalue weighted by Gasteiger charge is 2.17. The number of pyridine rings is 1. The second-order valence-electron chi connectivity index (χ2n) is 2.02. The molecule has 66 valence electrons. The summed E-state index contributed by atoms with van der Waals surface area (Å²) in [7, 11) is 0. The van der Waals surface area contributed by atoms with Crippen LogP contribution in [0.4, 0.5) is 14.5 Å². The maximum atomic E-state index is 12.3. The number of nitrogen functional groups attached to an aromatic ring is 1. The molecule has 1 heterocycles. The Labute approximate surface area is 89.8 Å². The third-order valence-corrected chi connectivity index (χ3v) is 2.77. The van der Waals surface area contributed by atoms with Crippen LogP contribution in [-0.2, 0) is 0 Å². The number of hydrogen-bond donors (Lipinski definition) is 1. The number of aromatic nitrogens is 1. The fraction of sp³-hybridized carbons (Fsp3) is 0.167. The van der Waals surface area contributed by atoms with Crippen LogP contribution in [-0.4, -0.2) is 4.98 Å². The predicted octanol–water partition coefficient (Wildman–Crippen LogP) is 2.97. The SMILES string of the molecule is Nc1c(I)ncc(Br)c1C(F)F. The molecule has 2 N–H and O–H groups in total. The standard InChI is InChI=1S/C6H4BrF2IN2/c7-2-1-12-6(10)4(11)3(2)5(8)9/h1,5H,11H2. The van der Waals surface area contributed by atoms with E-state index >= 15 is 0 Å². The van der Waals surface area contributed by atoms with Crippen molar-refractivity contribution in [2.45, 2.75) is 6.43 Å². The van der Waals surface area contributed by atoms with Crippen LogP contribution >= 0.6 is 38.5 Å². The van der Waals surface area contributed by atoms with E-state index in [4.69, 9.17) is 5.73 Å². The molecule has 0 spiro atoms. The van der Waals surface area contributed by atoms with Crippen molar-refractivity contribution in [1.82, 2.24) is 4.98 Å². The van der Waals surface area contributed by atoms with Gasteiger partial charge in [0.25, 0.3) is 6.43 Å². The second kappa shape index (κ2) is 3.82. The Balaban J connectivity index is 3.33. The van der Waals surface area contributed by atoms with E-state index < -0.39 is 6.43 Å². The summed E-state index contributed by atoms with van der Waals surface area (Å²) in [5, 5.41) is 0. The summed E-state index contributed by atoms with van der Waals surface area (Å²) in [5.74, 6) is 0. The lowest BCUT2D eigenvalue weighted by Crippen LogP contribution is -2.00. The molecule has 1 aromatic rings. The Kier molecular flexibility index (Phi) is 3.22. The van der Waals surface area contributed by atoms with E-state index in [-0.39, 0.29) is 15.7 Å². The van der Waals surface area contributed by atoms with E-state index in [1.807, 2.05) is 22.6 Å². The van der Waals surface area contributed by atoms with Gasteiger partial charge in [0.1, 0.15) is 3.70 Å². The van der Waals surface area contributed by atoms with Crippen LogP contribution in [0.15, 0.2) is 10.7 Å². The third kappa shape index (κ3) is 1.85. The van der Waals surface area contributed by atoms with Gasteiger partial charge in [0.15, 0.2) is 0 Å². The van der Waals surface area contributed by atoms with Gasteiger partial charge in [-0.2, -0.15) is 0 Å². The van der Waals surface area contributed by atoms with Crippen molar-refractivity contribution in [3.8, 4) is 0 Å². The van der Waals surface area contributed by atoms with Gasteiger partial charge in [-0.05, 0) is 38.5 Å². The van der Waals surface area contributed by atoms with Crippen molar-refractivity contribution in [3.63, 3.8) is 0 Å². The van der Waals surface area contributed by atoms with Gasteiger partial charge in [-0.15, -0.1) is 0 Å². The highest BCUT2D eigenvalue weighted by atomic mass is 127. The zero-order valence-corrected chi connectivity index (χ0v) is 9.43. The molecule has 0 saturated carbocycles. The molecule has 0 atom stereocenters. The van der Waals surface area contributed by atoms with E-state index in [0.717, 1.165) is 0 Å². The van der Waals surface area contributed by atoms with E-state index in [2.05, 4.69) is 20.9 Å². The Morgan fingerprint density at radius 3 is 2.58 bits per heavy atom. The number of alkyl halides is 2. The second-order valence-corrected chi connectivity index (χ2v) is 3.90. The summed E-state index contributed by atoms with van der Waals surface area (Å²) in [5.41, 5.74) is 5.26. The minimum Gasteiger partial charge on any atom is -0.396 e. The molecule has 0 amide bonds. The normalized spacial score (nSPS) is 10.8. The van der Waals surface area contributed by atoms with Crippen LogP contribution in [0.3, 0.4) is 0 Å². The number of rotatable bonds is 1. The molecule has 0 bridgehead atoms. The molecular formula is C6H4BrF2IN2. The molecule has 0 aromatic carbocycles. The largest absolute Gasteiger partial charge is 0.396 e. The summed E-state index contributed by atoms with van der Waals surface area (Å²) in [4.78, 5) is 3.80. The summed E-state index contributed by atoms with van der Waals surface area (Å²) in [6.07, 6.45) is -1.25. The zero-order chi connectivity index (χ0) is 9.30. The fourth-order valence-corrected chi connectivity index (χ4v) is 1.63. The molecule has 1 rings (SSSR count). The van der Waals surface area contributed by atoms with Crippen molar-refractivity contribution in [3.05, 3.63) is 19.9 Å². The fourth-order valence-electron chi connectivity index (χ4n) is 0.714. The molecule has 6 heteroatoms. The van der Waals surface area contributed by atoms with Crippen molar-refractivity contribution in [2.24, 2.45) is 0 Å². The van der Waals surface area contributed by atoms with E-state index in [9.17, 15) is 8.78 Å². The highest BCUT2D eigenvalue weighted by molar-refractivity contribution is 14.1. The highest BCUT2D eigenvalue weighted by Crippen LogP contribution is 2.33. The molecule has 2 nitrogen and oxygen atoms in total. The average molecular weight is 349 g/mol. The first-order valence-corrected chi connectivity index (χ1v) is 4.78. The molecule has 0 fully saturated rings. The molecular weight excluding hydrogens is 345 g/mol. The lowest BCUT2D eigenvalue weighted by Gasteiger charge is -2.07. The molecule has 0 aliphatic carbocycles. The molecule has 0 radical (unpaired) electrons. The van der Waals surface area contributed by atoms with Crippen LogP contribution in [0.1, 0.15) is 12.0 Å². The van der Waals surface area contributed by atoms with E-state index in [1.54, 1.807) is 0 Å². The topological polar surface area (TPSA) is 38.9 Å². The first kappa shape index (κ1) is 10.1. The van der Waals surface area contributed by atoms with Crippen LogP contribution < -0.4 is 5.73 Å². The molecule has 0 saturated heterocycles. The minimum atomic E-state index is -2.57. The van der Waals surface area contributed by atoms with Crippen LogP contribution in [0.2, 0.25) is 0 Å². The lowest BCUT2D eigenvalue weighted by atomic mass is 10.2. The van der Waals surface area contributed by atoms with Crippen molar-refractivity contribution < 1.29 is 8.78 Å². The smallest absolute Gasteiger partial charge is 0.267 e. The van der Waals surface area contributed by atoms with Crippen molar-refractivity contribution in [1.29, 1.82) is 0 Å². The third-order valence-electron chi connectivity index (χ3n) is 1.28. The van der Waals surface area contributed by atoms with E-state index in [1.165, 1.54) is 6.20 Å². The molecule has 0 aliphatic rings. The number of halogens is 4. The van der Waals surface area contributed by atoms with Gasteiger partial charge in [-0.1, -0.05) is 0 Å². The average Bonchev–Trinajstić information content (AvgIpc) is 1.97. The zero-order valence-electron chi connectivity index (χ0n) is 5.69. The maximum Gasteiger partial charge on any atom is 0.267 e. The number of anilines is 1. The molecule has 1 aromatic heterocycles. The van der Waals surface area contributed by atoms with Crippen LogP contribution in [0.25, 0.3) is 0 Å². The van der Waals surface area contributed by atoms with Gasteiger partial charge in [-0.25, -0.2) is 13.8 Å². The summed E-state index contributed by atoms with van der Waals surface area (Å²) >= 11 is 4.77. The number of nitrogens with zero attached hydrogens (tertiary/aromatic N) is 1. The summed E-state index contributed by atoms with van der Waals surface area (Å²) in [6.45, 7) is 0. The maximum absolute atomic E-state index is 12.3. The van der Waals surface area contributed by atoms with Gasteiger partial charge < -0.3 is 5.73 Å². The van der Waals surface area contributed by atoms with Gasteiger partial charge in [0.2, 0.25) is 0 Å². The first-order chi connectivity index (χ1) is 5.54. The van der Waals surface area contributed by atoms with Gasteiger partial charge in [-0.3, -0.25) is 0 Å². The molecule has 12 heavy (non-hydrogen) atoms. The van der Waals surface area contributed by atoms with E-state index in [0.29, 0.717) is 3.70 Å². The van der Waals surface area contributed by atoms with Crippen LogP contribution in [0, 0.1) is 3.70 Å². The monoisotopic (exact) mass is 348 g/mol. The van der Waals surface area contributed by atoms with Crippen molar-refractivity contribution >= 4 is 44.2 Å². The Hall–Kier alpha value is 0.0200. The lowest BCUT2D eigenvalue weighted by molar-refractivity contribution is 0.151. The first-order valence-electron chi connectivity index (χ1n) is 2.91. The Morgan fingerprint density at radius 2 is 2.17 bits per heavy atom. The molecule has 0 unspecified atom stereocenters.